The molecule has 0 radical (unpaired) electrons. The number of hydrogen-bond donors (Lipinski definition) is 0. The van der Waals surface area contributed by atoms with Crippen LogP contribution in [0.1, 0.15) is 86.1 Å². The largest absolute Gasteiger partial charge is 0.437 e. The molecule has 5 heteroatoms. The first-order valence-electron chi connectivity index (χ1n) is 19.3. The van der Waals surface area contributed by atoms with Crippen molar-refractivity contribution in [3.63, 3.8) is 0 Å². The molecule has 4 nitrogen and oxygen atoms in total. The van der Waals surface area contributed by atoms with Crippen LogP contribution in [0.3, 0.4) is 0 Å². The monoisotopic (exact) mass is 689 g/mol. The van der Waals surface area contributed by atoms with Gasteiger partial charge in [-0.1, -0.05) is 96.1 Å². The smallest absolute Gasteiger partial charge is 0.227 e. The van der Waals surface area contributed by atoms with Gasteiger partial charge in [0.2, 0.25) is 17.1 Å². The van der Waals surface area contributed by atoms with Crippen LogP contribution < -0.4 is 14.3 Å². The molecular formula is C46H51N3OSi+2. The molecule has 51 heavy (non-hydrogen) atoms. The van der Waals surface area contributed by atoms with Gasteiger partial charge in [-0.05, 0) is 71.6 Å². The van der Waals surface area contributed by atoms with E-state index in [1.807, 2.05) is 12.3 Å². The third-order valence-electron chi connectivity index (χ3n) is 12.3. The van der Waals surface area contributed by atoms with E-state index in [-0.39, 0.29) is 6.04 Å². The molecule has 2 unspecified atom stereocenters. The minimum absolute atomic E-state index is 0.163. The van der Waals surface area contributed by atoms with Crippen LogP contribution in [0.2, 0.25) is 19.6 Å². The van der Waals surface area contributed by atoms with Gasteiger partial charge in [-0.25, -0.2) is 4.98 Å². The fraction of sp³-hybridized carbons (Fsp3) is 0.370. The zero-order valence-electron chi connectivity index (χ0n) is 31.0. The number of hydrogen-bond acceptors (Lipinski definition) is 2. The van der Waals surface area contributed by atoms with Crippen LogP contribution in [0.25, 0.3) is 44.6 Å². The zero-order chi connectivity index (χ0) is 35.0. The maximum atomic E-state index is 6.67. The summed E-state index contributed by atoms with van der Waals surface area (Å²) in [7, 11) is -1.65. The fourth-order valence-electron chi connectivity index (χ4n) is 9.72. The van der Waals surface area contributed by atoms with Crippen LogP contribution >= 0.6 is 0 Å². The average molecular weight is 690 g/mol. The lowest BCUT2D eigenvalue weighted by Crippen LogP contribution is -2.55. The SMILES string of the molecule is C=C1C[n+]2ccc(C(C)C)cc2-c2c(ccc3c2oc2ncccc23)CCC2c3ccccc3-c3cc(CC4CCCC4)c([Si](C)(C)C)c[n+]3C12. The number of nitrogens with zero attached hydrogens (tertiary/aromatic N) is 3. The topological polar surface area (TPSA) is 33.8 Å². The van der Waals surface area contributed by atoms with E-state index in [2.05, 4.69) is 121 Å². The molecule has 2 aromatic carbocycles. The van der Waals surface area contributed by atoms with E-state index in [1.165, 1.54) is 76.9 Å². The number of rotatable bonds is 4. The Balaban J connectivity index is 1.26. The van der Waals surface area contributed by atoms with Gasteiger partial charge in [0.25, 0.3) is 0 Å². The van der Waals surface area contributed by atoms with E-state index in [0.29, 0.717) is 17.5 Å². The van der Waals surface area contributed by atoms with Gasteiger partial charge in [-0.15, -0.1) is 0 Å². The first-order chi connectivity index (χ1) is 24.7. The number of fused-ring (bicyclic) bond motifs is 13. The van der Waals surface area contributed by atoms with Crippen molar-refractivity contribution in [2.24, 2.45) is 5.92 Å². The Kier molecular flexibility index (Phi) is 7.92. The summed E-state index contributed by atoms with van der Waals surface area (Å²) in [6, 6.07) is 25.5. The summed E-state index contributed by atoms with van der Waals surface area (Å²) in [5.74, 6) is 1.53. The van der Waals surface area contributed by atoms with Crippen molar-refractivity contribution in [3.8, 4) is 22.5 Å². The highest BCUT2D eigenvalue weighted by Crippen LogP contribution is 2.46. The number of pyridine rings is 3. The maximum absolute atomic E-state index is 6.67. The molecular weight excluding hydrogens is 639 g/mol. The minimum atomic E-state index is -1.65. The summed E-state index contributed by atoms with van der Waals surface area (Å²) in [4.78, 5) is 4.63. The minimum Gasteiger partial charge on any atom is -0.437 e. The van der Waals surface area contributed by atoms with Gasteiger partial charge in [0.15, 0.2) is 30.6 Å². The quantitative estimate of drug-likeness (QED) is 0.105. The molecule has 0 bridgehead atoms. The molecule has 0 saturated heterocycles. The standard InChI is InChI=1S/C46H51N3OSi/c1-29(2)33-21-23-48-27-30(3)44-37(19-17-32-18-20-38-39-16-11-22-47-46(39)50-45(38)43(32)41(48)25-33)35-14-9-10-15-36(35)40-26-34(24-31-12-7-8-13-31)42(28-49(40)44)51(4,5)6/h9-11,14-16,18,20-23,25-26,28-29,31,37,44H,3,7-8,12-13,17,19,24,27H2,1-2,4-6H3/q+2. The van der Waals surface area contributed by atoms with Crippen molar-refractivity contribution < 1.29 is 13.6 Å². The molecule has 258 valence electrons. The van der Waals surface area contributed by atoms with Crippen molar-refractivity contribution in [3.05, 3.63) is 120 Å². The van der Waals surface area contributed by atoms with Gasteiger partial charge < -0.3 is 4.42 Å². The normalized spacial score (nSPS) is 19.1. The second kappa shape index (κ2) is 12.4. The third kappa shape index (κ3) is 5.51. The number of aryl methyl sites for hydroxylation is 1. The molecule has 2 atom stereocenters. The fourth-order valence-corrected chi connectivity index (χ4v) is 11.4. The number of aromatic nitrogens is 3. The van der Waals surface area contributed by atoms with E-state index in [4.69, 9.17) is 11.0 Å². The molecule has 0 spiro atoms. The molecule has 1 fully saturated rings. The first kappa shape index (κ1) is 32.5. The van der Waals surface area contributed by atoms with Crippen LogP contribution in [-0.2, 0) is 19.4 Å². The van der Waals surface area contributed by atoms with Crippen molar-refractivity contribution in [2.75, 3.05) is 0 Å². The highest BCUT2D eigenvalue weighted by Gasteiger charge is 2.45. The van der Waals surface area contributed by atoms with Crippen LogP contribution in [0.4, 0.5) is 0 Å². The summed E-state index contributed by atoms with van der Waals surface area (Å²) in [6.45, 7) is 17.9. The van der Waals surface area contributed by atoms with E-state index < -0.39 is 8.07 Å². The van der Waals surface area contributed by atoms with Gasteiger partial charge in [0.1, 0.15) is 0 Å². The van der Waals surface area contributed by atoms with E-state index in [9.17, 15) is 0 Å². The van der Waals surface area contributed by atoms with Crippen molar-refractivity contribution in [1.82, 2.24) is 4.98 Å². The predicted octanol–water partition coefficient (Wildman–Crippen LogP) is 10.1. The Morgan fingerprint density at radius 3 is 2.55 bits per heavy atom. The van der Waals surface area contributed by atoms with Crippen LogP contribution in [0.5, 0.6) is 0 Å². The second-order valence-electron chi connectivity index (χ2n) is 17.0. The van der Waals surface area contributed by atoms with Crippen LogP contribution in [-0.4, -0.2) is 13.1 Å². The Morgan fingerprint density at radius 1 is 0.922 bits per heavy atom. The van der Waals surface area contributed by atoms with Gasteiger partial charge in [0, 0.05) is 45.9 Å². The highest BCUT2D eigenvalue weighted by molar-refractivity contribution is 6.89. The summed E-state index contributed by atoms with van der Waals surface area (Å²) >= 11 is 0. The van der Waals surface area contributed by atoms with E-state index in [1.54, 1.807) is 10.8 Å². The van der Waals surface area contributed by atoms with Crippen LogP contribution in [0, 0.1) is 5.92 Å². The lowest BCUT2D eigenvalue weighted by Gasteiger charge is -2.33. The van der Waals surface area contributed by atoms with Crippen LogP contribution in [0.15, 0.2) is 102 Å². The van der Waals surface area contributed by atoms with Gasteiger partial charge in [0.05, 0.1) is 25.1 Å². The average Bonchev–Trinajstić information content (AvgIpc) is 3.77. The van der Waals surface area contributed by atoms with Gasteiger partial charge >= 0.3 is 0 Å². The van der Waals surface area contributed by atoms with Crippen molar-refractivity contribution in [1.29, 1.82) is 0 Å². The summed E-state index contributed by atoms with van der Waals surface area (Å²) < 4.78 is 11.8. The number of allylic oxidation sites excluding steroid dienone is 1. The molecule has 1 aliphatic carbocycles. The third-order valence-corrected chi connectivity index (χ3v) is 14.4. The number of benzene rings is 2. The molecule has 1 saturated carbocycles. The van der Waals surface area contributed by atoms with Gasteiger partial charge in [-0.2, -0.15) is 9.13 Å². The van der Waals surface area contributed by atoms with Crippen molar-refractivity contribution in [2.45, 2.75) is 103 Å². The predicted molar refractivity (Wildman–Crippen MR) is 211 cm³/mol. The first-order valence-corrected chi connectivity index (χ1v) is 22.8. The number of furan rings is 1. The second-order valence-corrected chi connectivity index (χ2v) is 22.0. The van der Waals surface area contributed by atoms with E-state index in [0.717, 1.165) is 41.7 Å². The van der Waals surface area contributed by atoms with Gasteiger partial charge in [-0.3, -0.25) is 0 Å². The molecule has 9 rings (SSSR count). The van der Waals surface area contributed by atoms with Crippen molar-refractivity contribution >= 4 is 35.3 Å². The highest BCUT2D eigenvalue weighted by atomic mass is 28.3. The molecule has 6 aromatic rings. The molecule has 4 aromatic heterocycles. The summed E-state index contributed by atoms with van der Waals surface area (Å²) in [5, 5.41) is 3.83. The zero-order valence-corrected chi connectivity index (χ0v) is 32.0. The summed E-state index contributed by atoms with van der Waals surface area (Å²) in [6.07, 6.45) is 15.5. The Morgan fingerprint density at radius 2 is 1.75 bits per heavy atom. The van der Waals surface area contributed by atoms with E-state index >= 15 is 0 Å². The molecule has 6 heterocycles. The molecule has 0 amide bonds. The Bertz CT molecular complexity index is 2340. The molecule has 3 aliphatic rings. The lowest BCUT2D eigenvalue weighted by atomic mass is 9.76. The molecule has 2 aliphatic heterocycles. The Hall–Kier alpha value is -4.35. The summed E-state index contributed by atoms with van der Waals surface area (Å²) in [5.41, 5.74) is 13.8. The molecule has 0 N–H and O–H groups in total. The lowest BCUT2D eigenvalue weighted by molar-refractivity contribution is -0.722. The maximum Gasteiger partial charge on any atom is 0.227 e. The Labute approximate surface area is 303 Å².